The summed E-state index contributed by atoms with van der Waals surface area (Å²) in [7, 11) is 0. The fourth-order valence-corrected chi connectivity index (χ4v) is 2.72. The van der Waals surface area contributed by atoms with Crippen LogP contribution in [0, 0.1) is 0 Å². The average molecular weight is 373 g/mol. The van der Waals surface area contributed by atoms with Crippen molar-refractivity contribution in [3.8, 4) is 0 Å². The first-order chi connectivity index (χ1) is 11.0. The summed E-state index contributed by atoms with van der Waals surface area (Å²) in [6.07, 6.45) is 0. The Balaban J connectivity index is 1.79. The van der Waals surface area contributed by atoms with E-state index in [0.29, 0.717) is 16.8 Å². The van der Waals surface area contributed by atoms with Gasteiger partial charge in [0.15, 0.2) is 0 Å². The van der Waals surface area contributed by atoms with Crippen LogP contribution in [-0.2, 0) is 4.79 Å². The van der Waals surface area contributed by atoms with Crippen LogP contribution in [0.4, 0.5) is 5.69 Å². The van der Waals surface area contributed by atoms with Gasteiger partial charge in [-0.1, -0.05) is 28.1 Å². The van der Waals surface area contributed by atoms with Gasteiger partial charge in [-0.05, 0) is 43.3 Å². The molecule has 5 nitrogen and oxygen atoms in total. The molecular weight excluding hydrogens is 360 g/mol. The van der Waals surface area contributed by atoms with Gasteiger partial charge in [-0.2, -0.15) is 0 Å². The minimum absolute atomic E-state index is 0.334. The van der Waals surface area contributed by atoms with Crippen molar-refractivity contribution < 1.29 is 14.4 Å². The predicted molar refractivity (Wildman–Crippen MR) is 89.2 cm³/mol. The highest BCUT2D eigenvalue weighted by Gasteiger charge is 2.40. The lowest BCUT2D eigenvalue weighted by molar-refractivity contribution is -0.119. The Labute approximate surface area is 141 Å². The zero-order chi connectivity index (χ0) is 16.6. The van der Waals surface area contributed by atoms with Gasteiger partial charge in [-0.25, -0.2) is 0 Å². The summed E-state index contributed by atoms with van der Waals surface area (Å²) in [5, 5.41) is 2.71. The minimum Gasteiger partial charge on any atom is -0.324 e. The lowest BCUT2D eigenvalue weighted by atomic mass is 10.1. The number of carbonyl (C=O) groups is 3. The Morgan fingerprint density at radius 3 is 2.04 bits per heavy atom. The number of rotatable bonds is 3. The maximum Gasteiger partial charge on any atom is 0.262 e. The molecule has 3 amide bonds. The van der Waals surface area contributed by atoms with Gasteiger partial charge in [0.05, 0.1) is 11.1 Å². The third-order valence-electron chi connectivity index (χ3n) is 3.70. The Kier molecular flexibility index (Phi) is 4.00. The van der Waals surface area contributed by atoms with Crippen molar-refractivity contribution in [1.82, 2.24) is 4.90 Å². The maximum atomic E-state index is 12.4. The monoisotopic (exact) mass is 372 g/mol. The van der Waals surface area contributed by atoms with E-state index in [1.807, 2.05) is 0 Å². The molecular formula is C17H13BrN2O3. The van der Waals surface area contributed by atoms with Gasteiger partial charge in [0, 0.05) is 10.2 Å². The van der Waals surface area contributed by atoms with Crippen molar-refractivity contribution in [1.29, 1.82) is 0 Å². The van der Waals surface area contributed by atoms with E-state index in [2.05, 4.69) is 21.2 Å². The molecule has 6 heteroatoms. The molecule has 23 heavy (non-hydrogen) atoms. The fourth-order valence-electron chi connectivity index (χ4n) is 2.46. The summed E-state index contributed by atoms with van der Waals surface area (Å²) in [6, 6.07) is 12.7. The molecule has 0 saturated carbocycles. The normalized spacial score (nSPS) is 14.6. The van der Waals surface area contributed by atoms with Crippen LogP contribution in [0.5, 0.6) is 0 Å². The zero-order valence-electron chi connectivity index (χ0n) is 12.2. The number of nitrogens with one attached hydrogen (secondary N) is 1. The number of hydrogen-bond acceptors (Lipinski definition) is 3. The lowest BCUT2D eigenvalue weighted by Crippen LogP contribution is -2.45. The second-order valence-corrected chi connectivity index (χ2v) is 6.11. The molecule has 1 N–H and O–H groups in total. The number of nitrogens with zero attached hydrogens (tertiary/aromatic N) is 1. The highest BCUT2D eigenvalue weighted by atomic mass is 79.9. The molecule has 1 aliphatic rings. The molecule has 116 valence electrons. The third kappa shape index (κ3) is 2.77. The second kappa shape index (κ2) is 5.96. The van der Waals surface area contributed by atoms with E-state index >= 15 is 0 Å². The van der Waals surface area contributed by atoms with Crippen molar-refractivity contribution in [2.24, 2.45) is 0 Å². The third-order valence-corrected chi connectivity index (χ3v) is 4.23. The number of fused-ring (bicyclic) bond motifs is 1. The van der Waals surface area contributed by atoms with Gasteiger partial charge in [0.25, 0.3) is 11.8 Å². The average Bonchev–Trinajstić information content (AvgIpc) is 2.81. The van der Waals surface area contributed by atoms with Crippen LogP contribution in [0.25, 0.3) is 0 Å². The summed E-state index contributed by atoms with van der Waals surface area (Å²) in [5.41, 5.74) is 1.27. The van der Waals surface area contributed by atoms with Gasteiger partial charge < -0.3 is 5.32 Å². The number of carbonyl (C=O) groups excluding carboxylic acids is 3. The van der Waals surface area contributed by atoms with E-state index in [1.165, 1.54) is 6.92 Å². The number of benzene rings is 2. The van der Waals surface area contributed by atoms with E-state index in [0.717, 1.165) is 9.37 Å². The highest BCUT2D eigenvalue weighted by Crippen LogP contribution is 2.25. The number of amides is 3. The Morgan fingerprint density at radius 1 is 1.00 bits per heavy atom. The Bertz CT molecular complexity index is 767. The van der Waals surface area contributed by atoms with Crippen LogP contribution in [0.3, 0.4) is 0 Å². The van der Waals surface area contributed by atoms with Crippen molar-refractivity contribution in [3.05, 3.63) is 64.1 Å². The SMILES string of the molecule is C[C@@H](C(=O)Nc1ccc(Br)cc1)N1C(=O)c2ccccc2C1=O. The zero-order valence-corrected chi connectivity index (χ0v) is 13.8. The summed E-state index contributed by atoms with van der Waals surface area (Å²) in [6.45, 7) is 1.54. The molecule has 0 bridgehead atoms. The number of anilines is 1. The van der Waals surface area contributed by atoms with Crippen molar-refractivity contribution >= 4 is 39.3 Å². The predicted octanol–water partition coefficient (Wildman–Crippen LogP) is 3.07. The molecule has 0 spiro atoms. The molecule has 0 fully saturated rings. The van der Waals surface area contributed by atoms with Gasteiger partial charge in [0.1, 0.15) is 6.04 Å². The van der Waals surface area contributed by atoms with Crippen LogP contribution in [0.1, 0.15) is 27.6 Å². The largest absolute Gasteiger partial charge is 0.324 e. The van der Waals surface area contributed by atoms with Crippen LogP contribution in [0.15, 0.2) is 53.0 Å². The standard InChI is InChI=1S/C17H13BrN2O3/c1-10(15(21)19-12-8-6-11(18)7-9-12)20-16(22)13-4-2-3-5-14(13)17(20)23/h2-10H,1H3,(H,19,21)/t10-/m0/s1. The van der Waals surface area contributed by atoms with Gasteiger partial charge in [-0.3, -0.25) is 19.3 Å². The molecule has 1 heterocycles. The van der Waals surface area contributed by atoms with Crippen LogP contribution in [-0.4, -0.2) is 28.7 Å². The van der Waals surface area contributed by atoms with E-state index in [1.54, 1.807) is 48.5 Å². The molecule has 0 saturated heterocycles. The smallest absolute Gasteiger partial charge is 0.262 e. The summed E-state index contributed by atoms with van der Waals surface area (Å²) >= 11 is 3.32. The first-order valence-electron chi connectivity index (χ1n) is 7.02. The Hall–Kier alpha value is -2.47. The quantitative estimate of drug-likeness (QED) is 0.841. The molecule has 0 unspecified atom stereocenters. The van der Waals surface area contributed by atoms with Crippen molar-refractivity contribution in [2.45, 2.75) is 13.0 Å². The van der Waals surface area contributed by atoms with Gasteiger partial charge >= 0.3 is 0 Å². The molecule has 0 radical (unpaired) electrons. The van der Waals surface area contributed by atoms with Crippen molar-refractivity contribution in [2.75, 3.05) is 5.32 Å². The molecule has 3 rings (SSSR count). The van der Waals surface area contributed by atoms with Gasteiger partial charge in [0.2, 0.25) is 5.91 Å². The first-order valence-corrected chi connectivity index (χ1v) is 7.81. The lowest BCUT2D eigenvalue weighted by Gasteiger charge is -2.21. The van der Waals surface area contributed by atoms with Crippen LogP contribution >= 0.6 is 15.9 Å². The molecule has 2 aromatic rings. The van der Waals surface area contributed by atoms with Gasteiger partial charge in [-0.15, -0.1) is 0 Å². The van der Waals surface area contributed by atoms with Crippen molar-refractivity contribution in [3.63, 3.8) is 0 Å². The van der Waals surface area contributed by atoms with E-state index in [-0.39, 0.29) is 0 Å². The molecule has 1 aliphatic heterocycles. The van der Waals surface area contributed by atoms with Crippen LogP contribution < -0.4 is 5.32 Å². The van der Waals surface area contributed by atoms with E-state index in [4.69, 9.17) is 0 Å². The number of halogens is 1. The summed E-state index contributed by atoms with van der Waals surface area (Å²) < 4.78 is 0.892. The fraction of sp³-hybridized carbons (Fsp3) is 0.118. The summed E-state index contributed by atoms with van der Waals surface area (Å²) in [5.74, 6) is -1.30. The topological polar surface area (TPSA) is 66.5 Å². The molecule has 0 aromatic heterocycles. The highest BCUT2D eigenvalue weighted by molar-refractivity contribution is 9.10. The van der Waals surface area contributed by atoms with E-state index in [9.17, 15) is 14.4 Å². The summed E-state index contributed by atoms with van der Waals surface area (Å²) in [4.78, 5) is 38.1. The van der Waals surface area contributed by atoms with E-state index < -0.39 is 23.8 Å². The first kappa shape index (κ1) is 15.4. The number of imide groups is 1. The Morgan fingerprint density at radius 2 is 1.52 bits per heavy atom. The second-order valence-electron chi connectivity index (χ2n) is 5.20. The number of hydrogen-bond donors (Lipinski definition) is 1. The minimum atomic E-state index is -0.897. The van der Waals surface area contributed by atoms with Crippen LogP contribution in [0.2, 0.25) is 0 Å². The maximum absolute atomic E-state index is 12.4. The molecule has 1 atom stereocenters. The molecule has 0 aliphatic carbocycles. The molecule has 2 aromatic carbocycles.